The minimum Gasteiger partial charge on any atom is -0.423 e. The van der Waals surface area contributed by atoms with E-state index in [1.807, 2.05) is 30.3 Å². The second-order valence-electron chi connectivity index (χ2n) is 3.97. The Morgan fingerprint density at radius 1 is 1.10 bits per heavy atom. The lowest BCUT2D eigenvalue weighted by molar-refractivity contribution is -0.128. The molecule has 0 aliphatic carbocycles. The summed E-state index contributed by atoms with van der Waals surface area (Å²) in [7, 11) is 0. The molecule has 0 fully saturated rings. The second kappa shape index (κ2) is 6.82. The number of esters is 1. The summed E-state index contributed by atoms with van der Waals surface area (Å²) in [4.78, 5) is 22.6. The summed E-state index contributed by atoms with van der Waals surface area (Å²) in [5.41, 5.74) is 1.22. The number of rotatable bonds is 4. The molecule has 2 aromatic rings. The molecule has 0 aromatic heterocycles. The molecular formula is C16H11BrO3. The molecule has 0 unspecified atom stereocenters. The van der Waals surface area contributed by atoms with E-state index in [9.17, 15) is 9.59 Å². The number of benzene rings is 2. The van der Waals surface area contributed by atoms with Crippen molar-refractivity contribution in [1.29, 1.82) is 0 Å². The number of hydrogen-bond donors (Lipinski definition) is 0. The van der Waals surface area contributed by atoms with Crippen molar-refractivity contribution in [3.8, 4) is 5.75 Å². The third-order valence-corrected chi connectivity index (χ3v) is 3.01. The van der Waals surface area contributed by atoms with Crippen LogP contribution in [0.4, 0.5) is 0 Å². The van der Waals surface area contributed by atoms with Crippen LogP contribution in [0.5, 0.6) is 5.75 Å². The van der Waals surface area contributed by atoms with Crippen molar-refractivity contribution in [2.24, 2.45) is 0 Å². The summed E-state index contributed by atoms with van der Waals surface area (Å²) in [6.45, 7) is 0. The molecule has 0 saturated heterocycles. The molecule has 2 aromatic carbocycles. The van der Waals surface area contributed by atoms with Crippen LogP contribution in [0.3, 0.4) is 0 Å². The predicted octanol–water partition coefficient (Wildman–Crippen LogP) is 3.88. The van der Waals surface area contributed by atoms with E-state index in [2.05, 4.69) is 15.9 Å². The fourth-order valence-electron chi connectivity index (χ4n) is 1.58. The lowest BCUT2D eigenvalue weighted by atomic mass is 10.2. The van der Waals surface area contributed by atoms with Gasteiger partial charge in [-0.25, -0.2) is 4.79 Å². The summed E-state index contributed by atoms with van der Waals surface area (Å²) < 4.78 is 5.88. The van der Waals surface area contributed by atoms with Gasteiger partial charge in [-0.3, -0.25) is 4.79 Å². The van der Waals surface area contributed by atoms with Gasteiger partial charge in [0, 0.05) is 10.5 Å². The van der Waals surface area contributed by atoms with E-state index in [4.69, 9.17) is 4.74 Å². The van der Waals surface area contributed by atoms with Gasteiger partial charge in [0.25, 0.3) is 0 Å². The molecule has 2 rings (SSSR count). The summed E-state index contributed by atoms with van der Waals surface area (Å²) >= 11 is 3.25. The number of carbonyl (C=O) groups is 2. The molecule has 0 aliphatic rings. The molecule has 0 N–H and O–H groups in total. The summed E-state index contributed by atoms with van der Waals surface area (Å²) in [5.74, 6) is -0.287. The minimum atomic E-state index is -0.528. The van der Waals surface area contributed by atoms with Crippen LogP contribution in [0, 0.1) is 0 Å². The number of ether oxygens (including phenoxy) is 1. The molecule has 0 atom stereocenters. The maximum Gasteiger partial charge on any atom is 0.336 e. The van der Waals surface area contributed by atoms with E-state index in [0.29, 0.717) is 11.8 Å². The van der Waals surface area contributed by atoms with Crippen LogP contribution in [0.25, 0.3) is 6.08 Å². The smallest absolute Gasteiger partial charge is 0.336 e. The molecule has 0 saturated carbocycles. The minimum absolute atomic E-state index is 0.242. The summed E-state index contributed by atoms with van der Waals surface area (Å²) in [5, 5.41) is 0. The van der Waals surface area contributed by atoms with Crippen LogP contribution in [0.1, 0.15) is 15.9 Å². The molecule has 4 heteroatoms. The predicted molar refractivity (Wildman–Crippen MR) is 80.6 cm³/mol. The van der Waals surface area contributed by atoms with E-state index in [0.717, 1.165) is 10.0 Å². The number of carbonyl (C=O) groups excluding carboxylic acids is 2. The van der Waals surface area contributed by atoms with Gasteiger partial charge in [0.1, 0.15) is 5.75 Å². The van der Waals surface area contributed by atoms with Crippen molar-refractivity contribution >= 4 is 34.3 Å². The summed E-state index contributed by atoms with van der Waals surface area (Å²) in [6.07, 6.45) is 3.63. The van der Waals surface area contributed by atoms with E-state index in [1.54, 1.807) is 24.3 Å². The highest BCUT2D eigenvalue weighted by Gasteiger charge is 2.07. The largest absolute Gasteiger partial charge is 0.423 e. The van der Waals surface area contributed by atoms with E-state index < -0.39 is 5.97 Å². The maximum absolute atomic E-state index is 11.7. The van der Waals surface area contributed by atoms with Crippen molar-refractivity contribution in [3.05, 3.63) is 70.2 Å². The fraction of sp³-hybridized carbons (Fsp3) is 0. The highest BCUT2D eigenvalue weighted by Crippen LogP contribution is 2.21. The number of hydrogen-bond acceptors (Lipinski definition) is 3. The standard InChI is InChI=1S/C16H11BrO3/c17-14-7-8-15(13(10-14)11-18)20-16(19)9-6-12-4-2-1-3-5-12/h1-11H. The SMILES string of the molecule is O=Cc1cc(Br)ccc1OC(=O)C=Cc1ccccc1. The third-order valence-electron chi connectivity index (χ3n) is 2.52. The lowest BCUT2D eigenvalue weighted by Crippen LogP contribution is -2.05. The molecular weight excluding hydrogens is 320 g/mol. The van der Waals surface area contributed by atoms with Gasteiger partial charge in [0.2, 0.25) is 0 Å². The molecule has 0 aliphatic heterocycles. The topological polar surface area (TPSA) is 43.4 Å². The Bertz CT molecular complexity index is 648. The maximum atomic E-state index is 11.7. The molecule has 100 valence electrons. The van der Waals surface area contributed by atoms with Crippen LogP contribution in [0.2, 0.25) is 0 Å². The van der Waals surface area contributed by atoms with Crippen LogP contribution in [-0.2, 0) is 4.79 Å². The zero-order valence-electron chi connectivity index (χ0n) is 10.5. The Morgan fingerprint density at radius 2 is 1.85 bits per heavy atom. The van der Waals surface area contributed by atoms with Crippen LogP contribution in [0.15, 0.2) is 59.1 Å². The van der Waals surface area contributed by atoms with Gasteiger partial charge < -0.3 is 4.74 Å². The van der Waals surface area contributed by atoms with Gasteiger partial charge in [-0.05, 0) is 29.8 Å². The molecule has 20 heavy (non-hydrogen) atoms. The van der Waals surface area contributed by atoms with E-state index in [1.165, 1.54) is 6.08 Å². The van der Waals surface area contributed by atoms with Crippen molar-refractivity contribution in [2.75, 3.05) is 0 Å². The average molecular weight is 331 g/mol. The van der Waals surface area contributed by atoms with Gasteiger partial charge in [-0.15, -0.1) is 0 Å². The quantitative estimate of drug-likeness (QED) is 0.370. The molecule has 3 nitrogen and oxygen atoms in total. The highest BCUT2D eigenvalue weighted by molar-refractivity contribution is 9.10. The van der Waals surface area contributed by atoms with Crippen LogP contribution in [-0.4, -0.2) is 12.3 Å². The zero-order chi connectivity index (χ0) is 14.4. The molecule has 0 bridgehead atoms. The van der Waals surface area contributed by atoms with Crippen molar-refractivity contribution in [1.82, 2.24) is 0 Å². The summed E-state index contributed by atoms with van der Waals surface area (Å²) in [6, 6.07) is 14.3. The van der Waals surface area contributed by atoms with Crippen molar-refractivity contribution in [2.45, 2.75) is 0 Å². The molecule has 0 heterocycles. The van der Waals surface area contributed by atoms with Gasteiger partial charge >= 0.3 is 5.97 Å². The third kappa shape index (κ3) is 3.90. The Hall–Kier alpha value is -2.20. The van der Waals surface area contributed by atoms with Crippen molar-refractivity contribution in [3.63, 3.8) is 0 Å². The van der Waals surface area contributed by atoms with Crippen molar-refractivity contribution < 1.29 is 14.3 Å². The number of halogens is 1. The monoisotopic (exact) mass is 330 g/mol. The second-order valence-corrected chi connectivity index (χ2v) is 4.88. The van der Waals surface area contributed by atoms with Gasteiger partial charge in [-0.1, -0.05) is 46.3 Å². The normalized spacial score (nSPS) is 10.4. The lowest BCUT2D eigenvalue weighted by Gasteiger charge is -2.04. The molecule has 0 spiro atoms. The Balaban J connectivity index is 2.09. The van der Waals surface area contributed by atoms with E-state index in [-0.39, 0.29) is 5.75 Å². The van der Waals surface area contributed by atoms with Gasteiger partial charge in [0.05, 0.1) is 5.56 Å². The Labute approximate surface area is 125 Å². The average Bonchev–Trinajstić information content (AvgIpc) is 2.48. The highest BCUT2D eigenvalue weighted by atomic mass is 79.9. The first-order valence-corrected chi connectivity index (χ1v) is 6.68. The molecule has 0 amide bonds. The first kappa shape index (κ1) is 14.2. The van der Waals surface area contributed by atoms with E-state index >= 15 is 0 Å². The fourth-order valence-corrected chi connectivity index (χ4v) is 1.95. The number of aldehydes is 1. The van der Waals surface area contributed by atoms with Gasteiger partial charge in [-0.2, -0.15) is 0 Å². The van der Waals surface area contributed by atoms with Gasteiger partial charge in [0.15, 0.2) is 6.29 Å². The zero-order valence-corrected chi connectivity index (χ0v) is 12.0. The Kier molecular flexibility index (Phi) is 4.85. The van der Waals surface area contributed by atoms with Crippen LogP contribution >= 0.6 is 15.9 Å². The first-order chi connectivity index (χ1) is 9.69. The molecule has 0 radical (unpaired) electrons. The van der Waals surface area contributed by atoms with Crippen LogP contribution < -0.4 is 4.74 Å². The first-order valence-electron chi connectivity index (χ1n) is 5.89. The Morgan fingerprint density at radius 3 is 2.55 bits per heavy atom.